The first-order chi connectivity index (χ1) is 7.83. The van der Waals surface area contributed by atoms with E-state index < -0.39 is 0 Å². The Balaban J connectivity index is 1.88. The topological polar surface area (TPSA) is 59.2 Å². The number of aromatic hydroxyl groups is 1. The quantitative estimate of drug-likeness (QED) is 0.838. The smallest absolute Gasteiger partial charge is 0.257 e. The minimum atomic E-state index is 0.238. The van der Waals surface area contributed by atoms with Crippen molar-refractivity contribution in [2.24, 2.45) is 0 Å². The second-order valence-corrected chi connectivity index (χ2v) is 4.13. The number of phenols is 1. The van der Waals surface area contributed by atoms with E-state index >= 15 is 0 Å². The van der Waals surface area contributed by atoms with Crippen LogP contribution in [0, 0.1) is 0 Å². The summed E-state index contributed by atoms with van der Waals surface area (Å²) < 4.78 is 5.20. The lowest BCUT2D eigenvalue weighted by Gasteiger charge is -2.20. The Kier molecular flexibility index (Phi) is 2.13. The molecular formula is C12H12N2O2. The van der Waals surface area contributed by atoms with Crippen LogP contribution in [0.25, 0.3) is 11.5 Å². The average molecular weight is 216 g/mol. The summed E-state index contributed by atoms with van der Waals surface area (Å²) in [7, 11) is 0. The van der Waals surface area contributed by atoms with E-state index in [1.807, 2.05) is 0 Å². The summed E-state index contributed by atoms with van der Waals surface area (Å²) in [5, 5.41) is 13.2. The highest BCUT2D eigenvalue weighted by Gasteiger charge is 2.24. The first kappa shape index (κ1) is 9.39. The Morgan fingerprint density at radius 2 is 1.94 bits per heavy atom. The highest BCUT2D eigenvalue weighted by atomic mass is 16.5. The molecule has 4 heteroatoms. The Morgan fingerprint density at radius 1 is 1.19 bits per heavy atom. The van der Waals surface area contributed by atoms with E-state index in [0.717, 1.165) is 24.2 Å². The predicted octanol–water partition coefficient (Wildman–Crippen LogP) is 2.71. The van der Waals surface area contributed by atoms with Crippen LogP contribution in [0.5, 0.6) is 5.75 Å². The third kappa shape index (κ3) is 1.56. The largest absolute Gasteiger partial charge is 0.508 e. The molecule has 0 radical (unpaired) electrons. The lowest BCUT2D eigenvalue weighted by molar-refractivity contribution is 0.366. The van der Waals surface area contributed by atoms with Crippen LogP contribution in [0.2, 0.25) is 0 Å². The van der Waals surface area contributed by atoms with Gasteiger partial charge in [0.25, 0.3) is 5.89 Å². The van der Waals surface area contributed by atoms with E-state index in [-0.39, 0.29) is 5.75 Å². The van der Waals surface area contributed by atoms with Gasteiger partial charge in [-0.3, -0.25) is 0 Å². The molecule has 1 saturated carbocycles. The van der Waals surface area contributed by atoms with E-state index in [9.17, 15) is 5.11 Å². The fourth-order valence-electron chi connectivity index (χ4n) is 1.79. The fourth-order valence-corrected chi connectivity index (χ4v) is 1.79. The van der Waals surface area contributed by atoms with Crippen LogP contribution >= 0.6 is 0 Å². The zero-order valence-corrected chi connectivity index (χ0v) is 8.76. The third-order valence-electron chi connectivity index (χ3n) is 3.03. The van der Waals surface area contributed by atoms with Crippen LogP contribution in [-0.4, -0.2) is 15.2 Å². The minimum Gasteiger partial charge on any atom is -0.508 e. The monoisotopic (exact) mass is 216 g/mol. The number of hydrogen-bond donors (Lipinski definition) is 1. The molecule has 0 bridgehead atoms. The molecule has 0 unspecified atom stereocenters. The summed E-state index contributed by atoms with van der Waals surface area (Å²) in [6.07, 6.45) is 3.58. The molecule has 1 fully saturated rings. The van der Waals surface area contributed by atoms with Crippen molar-refractivity contribution in [3.05, 3.63) is 30.1 Å². The molecule has 3 rings (SSSR count). The molecule has 82 valence electrons. The van der Waals surface area contributed by atoms with Crippen molar-refractivity contribution in [2.75, 3.05) is 0 Å². The van der Waals surface area contributed by atoms with Gasteiger partial charge in [0.1, 0.15) is 5.75 Å². The summed E-state index contributed by atoms with van der Waals surface area (Å²) in [6, 6.07) is 6.77. The number of nitrogens with zero attached hydrogens (tertiary/aromatic N) is 2. The van der Waals surface area contributed by atoms with Crippen LogP contribution in [0.4, 0.5) is 0 Å². The lowest BCUT2D eigenvalue weighted by atomic mass is 9.85. The maximum absolute atomic E-state index is 9.18. The summed E-state index contributed by atoms with van der Waals surface area (Å²) in [4.78, 5) is 4.37. The Bertz CT molecular complexity index is 486. The lowest BCUT2D eigenvalue weighted by Crippen LogP contribution is -2.10. The number of phenolic OH excluding ortho intramolecular Hbond substituents is 1. The van der Waals surface area contributed by atoms with Gasteiger partial charge in [-0.05, 0) is 37.1 Å². The summed E-state index contributed by atoms with van der Waals surface area (Å²) in [6.45, 7) is 0. The van der Waals surface area contributed by atoms with Crippen LogP contribution in [0.15, 0.2) is 28.8 Å². The van der Waals surface area contributed by atoms with E-state index in [1.165, 1.54) is 6.42 Å². The SMILES string of the molecule is Oc1ccc(-c2nc(C3CCC3)no2)cc1. The highest BCUT2D eigenvalue weighted by Crippen LogP contribution is 2.35. The van der Waals surface area contributed by atoms with E-state index in [2.05, 4.69) is 10.1 Å². The fraction of sp³-hybridized carbons (Fsp3) is 0.333. The second kappa shape index (κ2) is 3.63. The summed E-state index contributed by atoms with van der Waals surface area (Å²) in [5.41, 5.74) is 0.843. The molecule has 0 aliphatic heterocycles. The molecule has 1 aromatic carbocycles. The van der Waals surface area contributed by atoms with Gasteiger partial charge in [-0.2, -0.15) is 4.98 Å². The molecular weight excluding hydrogens is 204 g/mol. The van der Waals surface area contributed by atoms with Gasteiger partial charge in [-0.15, -0.1) is 0 Å². The zero-order valence-electron chi connectivity index (χ0n) is 8.76. The van der Waals surface area contributed by atoms with Gasteiger partial charge >= 0.3 is 0 Å². The van der Waals surface area contributed by atoms with Gasteiger partial charge in [0.2, 0.25) is 0 Å². The van der Waals surface area contributed by atoms with Crippen molar-refractivity contribution >= 4 is 0 Å². The van der Waals surface area contributed by atoms with Crippen LogP contribution in [0.3, 0.4) is 0 Å². The molecule has 0 amide bonds. The maximum atomic E-state index is 9.18. The van der Waals surface area contributed by atoms with Gasteiger partial charge in [-0.25, -0.2) is 0 Å². The van der Waals surface area contributed by atoms with Crippen LogP contribution in [0.1, 0.15) is 31.0 Å². The van der Waals surface area contributed by atoms with E-state index in [4.69, 9.17) is 4.52 Å². The maximum Gasteiger partial charge on any atom is 0.257 e. The zero-order chi connectivity index (χ0) is 11.0. The number of rotatable bonds is 2. The summed E-state index contributed by atoms with van der Waals surface area (Å²) >= 11 is 0. The molecule has 1 heterocycles. The standard InChI is InChI=1S/C12H12N2O2/c15-10-6-4-9(5-7-10)12-13-11(14-16-12)8-2-1-3-8/h4-8,15H,1-3H2. The molecule has 0 saturated heterocycles. The van der Waals surface area contributed by atoms with Gasteiger partial charge in [0, 0.05) is 11.5 Å². The molecule has 0 spiro atoms. The normalized spacial score (nSPS) is 16.0. The van der Waals surface area contributed by atoms with Crippen molar-refractivity contribution in [1.29, 1.82) is 0 Å². The van der Waals surface area contributed by atoms with Crippen molar-refractivity contribution in [3.63, 3.8) is 0 Å². The van der Waals surface area contributed by atoms with Gasteiger partial charge in [-0.1, -0.05) is 11.6 Å². The molecule has 4 nitrogen and oxygen atoms in total. The van der Waals surface area contributed by atoms with Crippen molar-refractivity contribution in [3.8, 4) is 17.2 Å². The third-order valence-corrected chi connectivity index (χ3v) is 3.03. The average Bonchev–Trinajstić information content (AvgIpc) is 2.65. The Hall–Kier alpha value is -1.84. The van der Waals surface area contributed by atoms with Crippen molar-refractivity contribution in [2.45, 2.75) is 25.2 Å². The first-order valence-corrected chi connectivity index (χ1v) is 5.46. The molecule has 0 atom stereocenters. The minimum absolute atomic E-state index is 0.238. The molecule has 16 heavy (non-hydrogen) atoms. The van der Waals surface area contributed by atoms with Crippen LogP contribution in [-0.2, 0) is 0 Å². The molecule has 1 N–H and O–H groups in total. The molecule has 1 aromatic heterocycles. The van der Waals surface area contributed by atoms with Crippen molar-refractivity contribution in [1.82, 2.24) is 10.1 Å². The Morgan fingerprint density at radius 3 is 2.56 bits per heavy atom. The van der Waals surface area contributed by atoms with Crippen LogP contribution < -0.4 is 0 Å². The van der Waals surface area contributed by atoms with Gasteiger partial charge in [0.15, 0.2) is 5.82 Å². The van der Waals surface area contributed by atoms with Gasteiger partial charge < -0.3 is 9.63 Å². The summed E-state index contributed by atoms with van der Waals surface area (Å²) in [5.74, 6) is 2.06. The number of benzene rings is 1. The molecule has 2 aromatic rings. The number of hydrogen-bond acceptors (Lipinski definition) is 4. The van der Waals surface area contributed by atoms with E-state index in [1.54, 1.807) is 24.3 Å². The van der Waals surface area contributed by atoms with Crippen molar-refractivity contribution < 1.29 is 9.63 Å². The van der Waals surface area contributed by atoms with Gasteiger partial charge in [0.05, 0.1) is 0 Å². The predicted molar refractivity (Wildman–Crippen MR) is 58.0 cm³/mol. The Labute approximate surface area is 92.9 Å². The second-order valence-electron chi connectivity index (χ2n) is 4.13. The van der Waals surface area contributed by atoms with E-state index in [0.29, 0.717) is 11.8 Å². The first-order valence-electron chi connectivity index (χ1n) is 5.46. The molecule has 1 aliphatic rings. The number of aromatic nitrogens is 2. The molecule has 1 aliphatic carbocycles. The highest BCUT2D eigenvalue weighted by molar-refractivity contribution is 5.54.